The highest BCUT2D eigenvalue weighted by Gasteiger charge is 2.09. The summed E-state index contributed by atoms with van der Waals surface area (Å²) in [5.41, 5.74) is 5.71. The summed E-state index contributed by atoms with van der Waals surface area (Å²) in [6, 6.07) is 3.39. The molecule has 0 aliphatic carbocycles. The first-order valence-corrected chi connectivity index (χ1v) is 5.14. The lowest BCUT2D eigenvalue weighted by Gasteiger charge is -2.09. The summed E-state index contributed by atoms with van der Waals surface area (Å²) in [7, 11) is 3.36. The van der Waals surface area contributed by atoms with Gasteiger partial charge in [-0.15, -0.1) is 10.2 Å². The van der Waals surface area contributed by atoms with E-state index in [1.807, 2.05) is 0 Å². The van der Waals surface area contributed by atoms with Gasteiger partial charge < -0.3 is 16.0 Å². The number of nitrogens with zero attached hydrogens (tertiary/aromatic N) is 3. The summed E-state index contributed by atoms with van der Waals surface area (Å²) in [6.45, 7) is 1.39. The van der Waals surface area contributed by atoms with Gasteiger partial charge in [0.15, 0.2) is 5.69 Å². The Morgan fingerprint density at radius 2 is 2.19 bits per heavy atom. The van der Waals surface area contributed by atoms with Gasteiger partial charge in [0.05, 0.1) is 0 Å². The Balaban J connectivity index is 2.57. The molecule has 1 amide bonds. The number of rotatable bonds is 5. The molecule has 0 aliphatic heterocycles. The van der Waals surface area contributed by atoms with Gasteiger partial charge in [-0.3, -0.25) is 4.79 Å². The van der Waals surface area contributed by atoms with Crippen molar-refractivity contribution in [2.45, 2.75) is 6.42 Å². The zero-order valence-corrected chi connectivity index (χ0v) is 9.60. The van der Waals surface area contributed by atoms with Crippen molar-refractivity contribution in [1.29, 1.82) is 0 Å². The Morgan fingerprint density at radius 3 is 2.69 bits per heavy atom. The van der Waals surface area contributed by atoms with Crippen molar-refractivity contribution >= 4 is 11.7 Å². The fraction of sp³-hybridized carbons (Fsp3) is 0.500. The third kappa shape index (κ3) is 3.47. The van der Waals surface area contributed by atoms with E-state index in [-0.39, 0.29) is 5.91 Å². The Labute approximate surface area is 94.8 Å². The van der Waals surface area contributed by atoms with Crippen molar-refractivity contribution in [3.63, 3.8) is 0 Å². The molecule has 1 aromatic heterocycles. The summed E-state index contributed by atoms with van der Waals surface area (Å²) in [5.74, 6) is 0.504. The van der Waals surface area contributed by atoms with E-state index in [2.05, 4.69) is 15.5 Å². The summed E-state index contributed by atoms with van der Waals surface area (Å²) in [5, 5.41) is 10.8. The quantitative estimate of drug-likeness (QED) is 0.683. The molecule has 0 aliphatic rings. The van der Waals surface area contributed by atoms with Gasteiger partial charge in [-0.25, -0.2) is 0 Å². The van der Waals surface area contributed by atoms with E-state index in [1.165, 1.54) is 4.90 Å². The van der Waals surface area contributed by atoms with Gasteiger partial charge in [0.2, 0.25) is 0 Å². The summed E-state index contributed by atoms with van der Waals surface area (Å²) in [6.07, 6.45) is 0.875. The first-order valence-electron chi connectivity index (χ1n) is 5.14. The van der Waals surface area contributed by atoms with Gasteiger partial charge in [-0.1, -0.05) is 0 Å². The minimum Gasteiger partial charge on any atom is -0.369 e. The molecule has 6 heteroatoms. The number of hydrogen-bond acceptors (Lipinski definition) is 5. The van der Waals surface area contributed by atoms with Gasteiger partial charge >= 0.3 is 0 Å². The second kappa shape index (κ2) is 6.02. The van der Waals surface area contributed by atoms with Crippen LogP contribution in [0, 0.1) is 0 Å². The second-order valence-electron chi connectivity index (χ2n) is 3.57. The predicted molar refractivity (Wildman–Crippen MR) is 62.2 cm³/mol. The summed E-state index contributed by atoms with van der Waals surface area (Å²) < 4.78 is 0. The van der Waals surface area contributed by atoms with Crippen LogP contribution in [-0.2, 0) is 0 Å². The number of carbonyl (C=O) groups is 1. The van der Waals surface area contributed by atoms with Crippen LogP contribution in [0.1, 0.15) is 16.9 Å². The normalized spacial score (nSPS) is 9.94. The van der Waals surface area contributed by atoms with E-state index >= 15 is 0 Å². The molecule has 0 bridgehead atoms. The SMILES string of the molecule is CN(C)C(=O)c1ccc(NCCCN)nn1. The number of carbonyl (C=O) groups excluding carboxylic acids is 1. The lowest BCUT2D eigenvalue weighted by molar-refractivity contribution is 0.0821. The average Bonchev–Trinajstić information content (AvgIpc) is 2.29. The van der Waals surface area contributed by atoms with Crippen LogP contribution in [0.3, 0.4) is 0 Å². The number of hydrogen-bond donors (Lipinski definition) is 2. The largest absolute Gasteiger partial charge is 0.369 e. The van der Waals surface area contributed by atoms with Crippen LogP contribution in [0.5, 0.6) is 0 Å². The van der Waals surface area contributed by atoms with Crippen molar-refractivity contribution in [1.82, 2.24) is 15.1 Å². The minimum absolute atomic E-state index is 0.152. The van der Waals surface area contributed by atoms with Crippen molar-refractivity contribution in [2.24, 2.45) is 5.73 Å². The van der Waals surface area contributed by atoms with Crippen molar-refractivity contribution < 1.29 is 4.79 Å². The fourth-order valence-corrected chi connectivity index (χ4v) is 1.09. The van der Waals surface area contributed by atoms with E-state index in [9.17, 15) is 4.79 Å². The molecule has 16 heavy (non-hydrogen) atoms. The smallest absolute Gasteiger partial charge is 0.273 e. The van der Waals surface area contributed by atoms with Crippen LogP contribution >= 0.6 is 0 Å². The fourth-order valence-electron chi connectivity index (χ4n) is 1.09. The lowest BCUT2D eigenvalue weighted by Crippen LogP contribution is -2.23. The van der Waals surface area contributed by atoms with Gasteiger partial charge in [-0.05, 0) is 25.1 Å². The van der Waals surface area contributed by atoms with E-state index in [0.29, 0.717) is 18.1 Å². The molecule has 0 radical (unpaired) electrons. The Morgan fingerprint density at radius 1 is 1.44 bits per heavy atom. The van der Waals surface area contributed by atoms with Crippen molar-refractivity contribution in [3.8, 4) is 0 Å². The summed E-state index contributed by atoms with van der Waals surface area (Å²) >= 11 is 0. The lowest BCUT2D eigenvalue weighted by atomic mass is 10.3. The number of nitrogens with one attached hydrogen (secondary N) is 1. The van der Waals surface area contributed by atoms with Crippen molar-refractivity contribution in [2.75, 3.05) is 32.5 Å². The van der Waals surface area contributed by atoms with Crippen LogP contribution < -0.4 is 11.1 Å². The van der Waals surface area contributed by atoms with E-state index in [0.717, 1.165) is 13.0 Å². The van der Waals surface area contributed by atoms with Crippen LogP contribution in [0.25, 0.3) is 0 Å². The molecule has 1 heterocycles. The van der Waals surface area contributed by atoms with Gasteiger partial charge in [0.25, 0.3) is 5.91 Å². The third-order valence-corrected chi connectivity index (χ3v) is 1.98. The van der Waals surface area contributed by atoms with Crippen LogP contribution in [-0.4, -0.2) is 48.2 Å². The molecule has 1 rings (SSSR count). The molecule has 3 N–H and O–H groups in total. The van der Waals surface area contributed by atoms with E-state index < -0.39 is 0 Å². The summed E-state index contributed by atoms with van der Waals surface area (Å²) in [4.78, 5) is 13.0. The first-order chi connectivity index (χ1) is 7.65. The minimum atomic E-state index is -0.152. The molecule has 88 valence electrons. The highest BCUT2D eigenvalue weighted by molar-refractivity contribution is 5.91. The highest BCUT2D eigenvalue weighted by atomic mass is 16.2. The zero-order valence-electron chi connectivity index (χ0n) is 9.60. The first kappa shape index (κ1) is 12.4. The topological polar surface area (TPSA) is 84.1 Å². The molecule has 0 saturated heterocycles. The molecule has 0 aromatic carbocycles. The monoisotopic (exact) mass is 223 g/mol. The molecule has 0 spiro atoms. The predicted octanol–water partition coefficient (Wildman–Crippen LogP) is -0.0609. The van der Waals surface area contributed by atoms with E-state index in [4.69, 9.17) is 5.73 Å². The van der Waals surface area contributed by atoms with Gasteiger partial charge in [-0.2, -0.15) is 0 Å². The molecular weight excluding hydrogens is 206 g/mol. The maximum Gasteiger partial charge on any atom is 0.273 e. The molecule has 6 nitrogen and oxygen atoms in total. The Hall–Kier alpha value is -1.69. The highest BCUT2D eigenvalue weighted by Crippen LogP contribution is 2.03. The molecule has 0 fully saturated rings. The van der Waals surface area contributed by atoms with Crippen LogP contribution in [0.15, 0.2) is 12.1 Å². The average molecular weight is 223 g/mol. The van der Waals surface area contributed by atoms with Crippen LogP contribution in [0.2, 0.25) is 0 Å². The maximum absolute atomic E-state index is 11.5. The maximum atomic E-state index is 11.5. The third-order valence-electron chi connectivity index (χ3n) is 1.98. The van der Waals surface area contributed by atoms with Crippen molar-refractivity contribution in [3.05, 3.63) is 17.8 Å². The Kier molecular flexibility index (Phi) is 4.65. The molecule has 0 saturated carbocycles. The number of aromatic nitrogens is 2. The number of anilines is 1. The van der Waals surface area contributed by atoms with Crippen LogP contribution in [0.4, 0.5) is 5.82 Å². The molecule has 0 unspecified atom stereocenters. The zero-order chi connectivity index (χ0) is 12.0. The number of amides is 1. The van der Waals surface area contributed by atoms with Gasteiger partial charge in [0.1, 0.15) is 5.82 Å². The molecule has 0 atom stereocenters. The molecular formula is C10H17N5O. The standard InChI is InChI=1S/C10H17N5O/c1-15(2)10(16)8-4-5-9(14-13-8)12-7-3-6-11/h4-5H,3,6-7,11H2,1-2H3,(H,12,14). The Bertz CT molecular complexity index is 336. The second-order valence-corrected chi connectivity index (χ2v) is 3.57. The van der Waals surface area contributed by atoms with Gasteiger partial charge in [0, 0.05) is 20.6 Å². The van der Waals surface area contributed by atoms with E-state index in [1.54, 1.807) is 26.2 Å². The number of nitrogens with two attached hydrogens (primary N) is 1. The molecule has 1 aromatic rings.